The number of aliphatic imine (C=N–C) groups is 1. The largest absolute Gasteiger partial charge is 0.376 e. The molecule has 2 aromatic carbocycles. The lowest BCUT2D eigenvalue weighted by Gasteiger charge is -2.29. The van der Waals surface area contributed by atoms with Gasteiger partial charge >= 0.3 is 0 Å². The highest BCUT2D eigenvalue weighted by Crippen LogP contribution is 2.35. The molecule has 0 heterocycles. The predicted octanol–water partition coefficient (Wildman–Crippen LogP) is 3.05. The maximum Gasteiger partial charge on any atom is 0.194 e. The highest BCUT2D eigenvalue weighted by molar-refractivity contribution is 9.10. The molecule has 0 aliphatic rings. The summed E-state index contributed by atoms with van der Waals surface area (Å²) < 4.78 is 14.5. The molecule has 0 fully saturated rings. The Labute approximate surface area is 143 Å². The molecule has 4 nitrogen and oxygen atoms in total. The molecule has 0 aromatic heterocycles. The summed E-state index contributed by atoms with van der Waals surface area (Å²) in [5.74, 6) is -0.194. The zero-order valence-electron chi connectivity index (χ0n) is 13.0. The molecule has 0 amide bonds. The second-order valence-corrected chi connectivity index (χ2v) is 6.32. The Morgan fingerprint density at radius 3 is 2.48 bits per heavy atom. The predicted molar refractivity (Wildman–Crippen MR) is 93.5 cm³/mol. The van der Waals surface area contributed by atoms with Gasteiger partial charge in [-0.2, -0.15) is 0 Å². The summed E-state index contributed by atoms with van der Waals surface area (Å²) in [6.07, 6.45) is 0. The van der Waals surface area contributed by atoms with Crippen LogP contribution in [0.4, 0.5) is 4.39 Å². The molecule has 0 saturated heterocycles. The molecule has 0 aliphatic heterocycles. The number of aliphatic hydroxyl groups is 1. The molecular formula is C17H19BrFN3O. The van der Waals surface area contributed by atoms with Crippen LogP contribution in [0.3, 0.4) is 0 Å². The number of hydrogen-bond donors (Lipinski definition) is 2. The van der Waals surface area contributed by atoms with Crippen LogP contribution in [-0.4, -0.2) is 29.7 Å². The molecule has 23 heavy (non-hydrogen) atoms. The number of nitrogens with zero attached hydrogens (tertiary/aromatic N) is 2. The average molecular weight is 380 g/mol. The first-order valence-corrected chi connectivity index (χ1v) is 7.85. The second kappa shape index (κ2) is 7.10. The fourth-order valence-electron chi connectivity index (χ4n) is 2.28. The highest BCUT2D eigenvalue weighted by atomic mass is 79.9. The summed E-state index contributed by atoms with van der Waals surface area (Å²) in [4.78, 5) is 5.99. The maximum atomic E-state index is 13.9. The van der Waals surface area contributed by atoms with Crippen LogP contribution in [0.15, 0.2) is 58.0 Å². The van der Waals surface area contributed by atoms with E-state index in [0.29, 0.717) is 10.0 Å². The fourth-order valence-corrected chi connectivity index (χ4v) is 2.75. The lowest BCUT2D eigenvalue weighted by Crippen LogP contribution is -2.38. The number of halogens is 2. The van der Waals surface area contributed by atoms with E-state index in [0.717, 1.165) is 5.56 Å². The second-order valence-electron chi connectivity index (χ2n) is 5.41. The normalized spacial score (nSPS) is 14.4. The van der Waals surface area contributed by atoms with Gasteiger partial charge in [0.2, 0.25) is 0 Å². The van der Waals surface area contributed by atoms with Gasteiger partial charge < -0.3 is 15.7 Å². The van der Waals surface area contributed by atoms with E-state index in [1.165, 1.54) is 17.0 Å². The van der Waals surface area contributed by atoms with Crippen molar-refractivity contribution in [2.75, 3.05) is 13.8 Å². The van der Waals surface area contributed by atoms with Crippen molar-refractivity contribution in [3.05, 3.63) is 69.9 Å². The van der Waals surface area contributed by atoms with E-state index in [2.05, 4.69) is 20.9 Å². The smallest absolute Gasteiger partial charge is 0.194 e. The molecule has 2 aromatic rings. The molecule has 1 atom stereocenters. The summed E-state index contributed by atoms with van der Waals surface area (Å²) in [5, 5.41) is 9.23. The molecule has 3 N–H and O–H groups in total. The zero-order chi connectivity index (χ0) is 17.0. The van der Waals surface area contributed by atoms with Gasteiger partial charge in [0.15, 0.2) is 5.96 Å². The lowest BCUT2D eigenvalue weighted by molar-refractivity contribution is 0.189. The van der Waals surface area contributed by atoms with Crippen LogP contribution in [0.2, 0.25) is 0 Å². The average Bonchev–Trinajstić information content (AvgIpc) is 2.53. The molecule has 0 radical (unpaired) electrons. The number of benzene rings is 2. The Bertz CT molecular complexity index is 688. The first-order chi connectivity index (χ1) is 10.9. The Morgan fingerprint density at radius 2 is 1.91 bits per heavy atom. The van der Waals surface area contributed by atoms with Gasteiger partial charge in [0.05, 0.1) is 0 Å². The minimum Gasteiger partial charge on any atom is -0.376 e. The summed E-state index contributed by atoms with van der Waals surface area (Å²) in [7, 11) is 1.63. The van der Waals surface area contributed by atoms with E-state index >= 15 is 0 Å². The number of rotatable bonds is 4. The number of guanidine groups is 1. The van der Waals surface area contributed by atoms with E-state index in [1.54, 1.807) is 7.05 Å². The molecule has 2 rings (SSSR count). The Kier molecular flexibility index (Phi) is 5.38. The van der Waals surface area contributed by atoms with Crippen molar-refractivity contribution >= 4 is 21.9 Å². The van der Waals surface area contributed by atoms with Crippen molar-refractivity contribution in [2.45, 2.75) is 12.5 Å². The minimum atomic E-state index is -0.889. The van der Waals surface area contributed by atoms with Crippen LogP contribution in [0, 0.1) is 5.82 Å². The minimum absolute atomic E-state index is 0.166. The zero-order valence-corrected chi connectivity index (χ0v) is 14.6. The first kappa shape index (κ1) is 17.4. The molecule has 0 aliphatic carbocycles. The fraction of sp³-hybridized carbons (Fsp3) is 0.235. The van der Waals surface area contributed by atoms with Crippen molar-refractivity contribution in [1.82, 2.24) is 4.90 Å². The van der Waals surface area contributed by atoms with Crippen LogP contribution in [0.5, 0.6) is 0 Å². The van der Waals surface area contributed by atoms with Gasteiger partial charge in [0, 0.05) is 11.5 Å². The van der Waals surface area contributed by atoms with E-state index < -0.39 is 5.54 Å². The van der Waals surface area contributed by atoms with Crippen molar-refractivity contribution in [2.24, 2.45) is 10.7 Å². The first-order valence-electron chi connectivity index (χ1n) is 7.06. The maximum absolute atomic E-state index is 13.9. The highest BCUT2D eigenvalue weighted by Gasteiger charge is 2.30. The van der Waals surface area contributed by atoms with Gasteiger partial charge in [-0.15, -0.1) is 0 Å². The lowest BCUT2D eigenvalue weighted by atomic mass is 9.85. The summed E-state index contributed by atoms with van der Waals surface area (Å²) in [6.45, 7) is 1.61. The molecule has 6 heteroatoms. The van der Waals surface area contributed by atoms with Gasteiger partial charge in [-0.25, -0.2) is 9.38 Å². The van der Waals surface area contributed by atoms with Gasteiger partial charge in [-0.1, -0.05) is 46.3 Å². The third-order valence-corrected chi connectivity index (χ3v) is 4.16. The SMILES string of the molecule is CN(CO)C(N)=NC(C)(c1ccccc1)c1cc(F)cc(Br)c1. The number of nitrogens with two attached hydrogens (primary N) is 1. The Morgan fingerprint density at radius 1 is 1.26 bits per heavy atom. The third-order valence-electron chi connectivity index (χ3n) is 3.70. The molecule has 0 bridgehead atoms. The van der Waals surface area contributed by atoms with Crippen LogP contribution in [-0.2, 0) is 5.54 Å². The van der Waals surface area contributed by atoms with Gasteiger partial charge in [0.25, 0.3) is 0 Å². The van der Waals surface area contributed by atoms with Gasteiger partial charge in [-0.05, 0) is 36.2 Å². The van der Waals surface area contributed by atoms with Gasteiger partial charge in [-0.3, -0.25) is 0 Å². The summed E-state index contributed by atoms with van der Waals surface area (Å²) in [5.41, 5.74) is 6.61. The van der Waals surface area contributed by atoms with Crippen molar-refractivity contribution < 1.29 is 9.50 Å². The van der Waals surface area contributed by atoms with E-state index in [1.807, 2.05) is 43.3 Å². The Balaban J connectivity index is 2.65. The molecular weight excluding hydrogens is 361 g/mol. The van der Waals surface area contributed by atoms with Crippen molar-refractivity contribution in [1.29, 1.82) is 0 Å². The van der Waals surface area contributed by atoms with E-state index in [9.17, 15) is 9.50 Å². The molecule has 0 saturated carbocycles. The summed E-state index contributed by atoms with van der Waals surface area (Å²) >= 11 is 3.32. The van der Waals surface area contributed by atoms with Crippen LogP contribution in [0.1, 0.15) is 18.1 Å². The number of aliphatic hydroxyl groups excluding tert-OH is 1. The van der Waals surface area contributed by atoms with E-state index in [-0.39, 0.29) is 18.5 Å². The van der Waals surface area contributed by atoms with Crippen LogP contribution >= 0.6 is 15.9 Å². The van der Waals surface area contributed by atoms with Crippen LogP contribution < -0.4 is 5.73 Å². The molecule has 1 unspecified atom stereocenters. The topological polar surface area (TPSA) is 61.8 Å². The summed E-state index contributed by atoms with van der Waals surface area (Å²) in [6, 6.07) is 14.1. The number of hydrogen-bond acceptors (Lipinski definition) is 2. The van der Waals surface area contributed by atoms with Crippen molar-refractivity contribution in [3.63, 3.8) is 0 Å². The van der Waals surface area contributed by atoms with Gasteiger partial charge in [0.1, 0.15) is 18.1 Å². The molecule has 0 spiro atoms. The van der Waals surface area contributed by atoms with Crippen LogP contribution in [0.25, 0.3) is 0 Å². The standard InChI is InChI=1S/C17H19BrFN3O/c1-17(12-6-4-3-5-7-12,21-16(20)22(2)11-23)13-8-14(18)10-15(19)9-13/h3-10,23H,11H2,1-2H3,(H2,20,21). The van der Waals surface area contributed by atoms with E-state index in [4.69, 9.17) is 5.73 Å². The Hall–Kier alpha value is -1.92. The monoisotopic (exact) mass is 379 g/mol. The molecule has 122 valence electrons. The third kappa shape index (κ3) is 3.89. The van der Waals surface area contributed by atoms with Crippen molar-refractivity contribution in [3.8, 4) is 0 Å². The quantitative estimate of drug-likeness (QED) is 0.487.